The maximum absolute atomic E-state index is 14.2. The van der Waals surface area contributed by atoms with Gasteiger partial charge in [-0.3, -0.25) is 0 Å². The Morgan fingerprint density at radius 3 is 2.71 bits per heavy atom. The molecule has 3 aromatic rings. The predicted molar refractivity (Wildman–Crippen MR) is 113 cm³/mol. The Hall–Kier alpha value is -1.78. The number of benzene rings is 1. The molecule has 4 N–H and O–H groups in total. The molecule has 2 aromatic heterocycles. The number of nitrogen functional groups attached to an aromatic ring is 1. The SMILES string of the molecule is Nc1c(I)c(C2C[C@H]3CC[C@@H](C2)N3)nc2c(-c3ccc(CO)c(F)c3)cnn12. The monoisotopic (exact) mass is 493 g/mol. The molecule has 0 aliphatic carbocycles. The van der Waals surface area contributed by atoms with Gasteiger partial charge in [-0.05, 0) is 59.9 Å². The van der Waals surface area contributed by atoms with Crippen LogP contribution in [0.4, 0.5) is 10.2 Å². The second kappa shape index (κ2) is 6.93. The van der Waals surface area contributed by atoms with Crippen LogP contribution in [0.5, 0.6) is 0 Å². The molecule has 6 nitrogen and oxygen atoms in total. The summed E-state index contributed by atoms with van der Waals surface area (Å²) < 4.78 is 16.8. The van der Waals surface area contributed by atoms with E-state index in [0.717, 1.165) is 27.7 Å². The Kier molecular flexibility index (Phi) is 4.52. The van der Waals surface area contributed by atoms with Crippen molar-refractivity contribution in [2.24, 2.45) is 0 Å². The van der Waals surface area contributed by atoms with Crippen molar-refractivity contribution in [1.29, 1.82) is 0 Å². The van der Waals surface area contributed by atoms with Gasteiger partial charge in [0.15, 0.2) is 5.65 Å². The minimum absolute atomic E-state index is 0.271. The van der Waals surface area contributed by atoms with Gasteiger partial charge in [-0.15, -0.1) is 0 Å². The van der Waals surface area contributed by atoms with Crippen molar-refractivity contribution in [3.63, 3.8) is 0 Å². The van der Waals surface area contributed by atoms with Crippen LogP contribution in [0.3, 0.4) is 0 Å². The summed E-state index contributed by atoms with van der Waals surface area (Å²) in [7, 11) is 0. The molecule has 4 heterocycles. The van der Waals surface area contributed by atoms with Crippen LogP contribution in [0.2, 0.25) is 0 Å². The van der Waals surface area contributed by atoms with E-state index in [0.29, 0.717) is 35.0 Å². The molecule has 1 unspecified atom stereocenters. The zero-order chi connectivity index (χ0) is 19.4. The number of aliphatic hydroxyl groups excluding tert-OH is 1. The van der Waals surface area contributed by atoms with Crippen LogP contribution in [0, 0.1) is 9.39 Å². The molecule has 3 atom stereocenters. The Morgan fingerprint density at radius 1 is 1.29 bits per heavy atom. The van der Waals surface area contributed by atoms with Crippen molar-refractivity contribution < 1.29 is 9.50 Å². The molecule has 2 saturated heterocycles. The first-order chi connectivity index (χ1) is 13.5. The summed E-state index contributed by atoms with van der Waals surface area (Å²) in [5.41, 5.74) is 9.77. The largest absolute Gasteiger partial charge is 0.392 e. The fourth-order valence-corrected chi connectivity index (χ4v) is 5.40. The van der Waals surface area contributed by atoms with Gasteiger partial charge in [0, 0.05) is 29.1 Å². The topological polar surface area (TPSA) is 88.5 Å². The van der Waals surface area contributed by atoms with E-state index >= 15 is 0 Å². The van der Waals surface area contributed by atoms with E-state index in [4.69, 9.17) is 10.7 Å². The summed E-state index contributed by atoms with van der Waals surface area (Å²) in [6.45, 7) is -0.327. The summed E-state index contributed by atoms with van der Waals surface area (Å²) in [4.78, 5) is 4.98. The molecule has 28 heavy (non-hydrogen) atoms. The number of aromatic nitrogens is 3. The first-order valence-corrected chi connectivity index (χ1v) is 10.6. The van der Waals surface area contributed by atoms with Crippen LogP contribution in [0.25, 0.3) is 16.8 Å². The van der Waals surface area contributed by atoms with Crippen LogP contribution < -0.4 is 11.1 Å². The lowest BCUT2D eigenvalue weighted by Gasteiger charge is -2.29. The van der Waals surface area contributed by atoms with Crippen LogP contribution in [-0.4, -0.2) is 31.8 Å². The van der Waals surface area contributed by atoms with Gasteiger partial charge in [0.25, 0.3) is 0 Å². The van der Waals surface area contributed by atoms with E-state index in [-0.39, 0.29) is 12.2 Å². The number of rotatable bonds is 3. The van der Waals surface area contributed by atoms with Gasteiger partial charge in [0.1, 0.15) is 11.6 Å². The lowest BCUT2D eigenvalue weighted by Crippen LogP contribution is -2.37. The van der Waals surface area contributed by atoms with Gasteiger partial charge >= 0.3 is 0 Å². The smallest absolute Gasteiger partial charge is 0.165 e. The molecular weight excluding hydrogens is 472 g/mol. The maximum atomic E-state index is 14.2. The van der Waals surface area contributed by atoms with Crippen LogP contribution in [0.1, 0.15) is 42.9 Å². The first kappa shape index (κ1) is 18.3. The summed E-state index contributed by atoms with van der Waals surface area (Å²) in [5.74, 6) is 0.507. The summed E-state index contributed by atoms with van der Waals surface area (Å²) >= 11 is 2.27. The highest BCUT2D eigenvalue weighted by Gasteiger charge is 2.36. The van der Waals surface area contributed by atoms with Gasteiger partial charge in [-0.25, -0.2) is 9.37 Å². The normalized spacial score (nSPS) is 24.2. The quantitative estimate of drug-likeness (QED) is 0.488. The molecule has 1 aromatic carbocycles. The van der Waals surface area contributed by atoms with E-state index in [1.165, 1.54) is 18.9 Å². The van der Waals surface area contributed by atoms with E-state index in [9.17, 15) is 9.50 Å². The lowest BCUT2D eigenvalue weighted by molar-refractivity contribution is 0.276. The van der Waals surface area contributed by atoms with Crippen molar-refractivity contribution in [2.45, 2.75) is 50.3 Å². The van der Waals surface area contributed by atoms with Gasteiger partial charge in [0.05, 0.1) is 22.1 Å². The van der Waals surface area contributed by atoms with Crippen molar-refractivity contribution >= 4 is 34.1 Å². The minimum atomic E-state index is -0.437. The molecule has 0 spiro atoms. The third-order valence-electron chi connectivity index (χ3n) is 6.04. The molecule has 0 radical (unpaired) electrons. The van der Waals surface area contributed by atoms with Crippen molar-refractivity contribution in [3.05, 3.63) is 45.0 Å². The van der Waals surface area contributed by atoms with Crippen LogP contribution in [-0.2, 0) is 6.61 Å². The number of anilines is 1. The number of nitrogens with one attached hydrogen (secondary N) is 1. The molecule has 0 saturated carbocycles. The number of hydrogen-bond acceptors (Lipinski definition) is 5. The average molecular weight is 493 g/mol. The van der Waals surface area contributed by atoms with E-state index in [1.807, 2.05) is 0 Å². The number of nitrogens with zero attached hydrogens (tertiary/aromatic N) is 3. The highest BCUT2D eigenvalue weighted by molar-refractivity contribution is 14.1. The van der Waals surface area contributed by atoms with Gasteiger partial charge in [-0.1, -0.05) is 12.1 Å². The van der Waals surface area contributed by atoms with Crippen LogP contribution >= 0.6 is 22.6 Å². The Bertz CT molecular complexity index is 1060. The van der Waals surface area contributed by atoms with Gasteiger partial charge in [-0.2, -0.15) is 9.61 Å². The third kappa shape index (κ3) is 2.89. The number of piperidine rings is 1. The number of hydrogen-bond donors (Lipinski definition) is 3. The van der Waals surface area contributed by atoms with E-state index in [1.54, 1.807) is 22.8 Å². The molecule has 2 bridgehead atoms. The minimum Gasteiger partial charge on any atom is -0.392 e. The number of fused-ring (bicyclic) bond motifs is 3. The van der Waals surface area contributed by atoms with E-state index < -0.39 is 5.82 Å². The first-order valence-electron chi connectivity index (χ1n) is 9.53. The number of aliphatic hydroxyl groups is 1. The second-order valence-electron chi connectivity index (χ2n) is 7.76. The molecule has 2 fully saturated rings. The zero-order valence-electron chi connectivity index (χ0n) is 15.2. The van der Waals surface area contributed by atoms with Crippen LogP contribution in [0.15, 0.2) is 24.4 Å². The average Bonchev–Trinajstić information content (AvgIpc) is 3.27. The molecule has 8 heteroatoms. The lowest BCUT2D eigenvalue weighted by atomic mass is 9.89. The standard InChI is InChI=1S/C20H21FIN5O/c21-16-7-10(1-2-11(16)9-28)15-8-24-27-19(23)17(22)18(26-20(15)27)12-5-13-3-4-14(6-12)25-13/h1-2,7-8,12-14,25,28H,3-6,9,23H2/t12?,13-,14+. The zero-order valence-corrected chi connectivity index (χ0v) is 17.4. The summed E-state index contributed by atoms with van der Waals surface area (Å²) in [6.07, 6.45) is 6.27. The summed E-state index contributed by atoms with van der Waals surface area (Å²) in [6, 6.07) is 5.91. The number of nitrogens with two attached hydrogens (primary N) is 1. The van der Waals surface area contributed by atoms with Crippen molar-refractivity contribution in [2.75, 3.05) is 5.73 Å². The third-order valence-corrected chi connectivity index (χ3v) is 7.15. The Balaban J connectivity index is 1.63. The molecule has 5 rings (SSSR count). The van der Waals surface area contributed by atoms with Crippen molar-refractivity contribution in [3.8, 4) is 11.1 Å². The van der Waals surface area contributed by atoms with Crippen molar-refractivity contribution in [1.82, 2.24) is 19.9 Å². The highest BCUT2D eigenvalue weighted by Crippen LogP contribution is 2.40. The fraction of sp³-hybridized carbons (Fsp3) is 0.400. The van der Waals surface area contributed by atoms with Gasteiger partial charge < -0.3 is 16.2 Å². The summed E-state index contributed by atoms with van der Waals surface area (Å²) in [5, 5.41) is 17.3. The molecule has 0 amide bonds. The number of halogens is 2. The van der Waals surface area contributed by atoms with Gasteiger partial charge in [0.2, 0.25) is 0 Å². The molecule has 146 valence electrons. The molecule has 2 aliphatic heterocycles. The Labute approximate surface area is 175 Å². The Morgan fingerprint density at radius 2 is 2.04 bits per heavy atom. The fourth-order valence-electron chi connectivity index (χ4n) is 4.61. The van der Waals surface area contributed by atoms with E-state index in [2.05, 4.69) is 33.0 Å². The second-order valence-corrected chi connectivity index (χ2v) is 8.84. The highest BCUT2D eigenvalue weighted by atomic mass is 127. The predicted octanol–water partition coefficient (Wildman–Crippen LogP) is 3.21. The molecule has 2 aliphatic rings. The maximum Gasteiger partial charge on any atom is 0.165 e. The molecular formula is C20H21FIN5O.